The maximum absolute atomic E-state index is 12.5. The molecule has 0 aliphatic rings. The monoisotopic (exact) mass is 436 g/mol. The minimum absolute atomic E-state index is 0.0719. The molecule has 0 saturated heterocycles. The van der Waals surface area contributed by atoms with E-state index >= 15 is 0 Å². The normalized spacial score (nSPS) is 10.5. The molecule has 8 heteroatoms. The Balaban J connectivity index is 2.22. The molecular formula is C18H21BrN4O2S. The number of benzene rings is 1. The molecule has 0 fully saturated rings. The Morgan fingerprint density at radius 3 is 2.50 bits per heavy atom. The number of hydrogen-bond donors (Lipinski definition) is 3. The van der Waals surface area contributed by atoms with Crippen LogP contribution in [-0.4, -0.2) is 22.6 Å². The number of carbonyl (C=O) groups excluding carboxylic acids is 2. The lowest BCUT2D eigenvalue weighted by molar-refractivity contribution is 0.0997. The van der Waals surface area contributed by atoms with Crippen molar-refractivity contribution in [2.45, 2.75) is 31.2 Å². The third-order valence-electron chi connectivity index (χ3n) is 3.62. The highest BCUT2D eigenvalue weighted by molar-refractivity contribution is 9.10. The molecular weight excluding hydrogens is 416 g/mol. The first-order chi connectivity index (χ1) is 12.4. The first kappa shape index (κ1) is 20.3. The Kier molecular flexibility index (Phi) is 7.47. The zero-order valence-electron chi connectivity index (χ0n) is 14.4. The van der Waals surface area contributed by atoms with Crippen LogP contribution in [0.4, 0.5) is 11.5 Å². The van der Waals surface area contributed by atoms with Crippen LogP contribution in [0, 0.1) is 0 Å². The number of nitrogen functional groups attached to an aromatic ring is 1. The van der Waals surface area contributed by atoms with Gasteiger partial charge in [0.05, 0.1) is 11.1 Å². The van der Waals surface area contributed by atoms with E-state index in [1.165, 1.54) is 17.8 Å². The number of anilines is 2. The van der Waals surface area contributed by atoms with Crippen LogP contribution in [0.15, 0.2) is 39.8 Å². The van der Waals surface area contributed by atoms with E-state index in [4.69, 9.17) is 11.5 Å². The summed E-state index contributed by atoms with van der Waals surface area (Å²) in [6.07, 6.45) is 3.21. The molecule has 0 atom stereocenters. The summed E-state index contributed by atoms with van der Waals surface area (Å²) in [4.78, 5) is 28.5. The summed E-state index contributed by atoms with van der Waals surface area (Å²) in [6.45, 7) is 2.12. The van der Waals surface area contributed by atoms with Gasteiger partial charge in [-0.3, -0.25) is 9.59 Å². The van der Waals surface area contributed by atoms with E-state index in [1.807, 2.05) is 12.1 Å². The topological polar surface area (TPSA) is 111 Å². The van der Waals surface area contributed by atoms with Gasteiger partial charge in [0.1, 0.15) is 10.8 Å². The van der Waals surface area contributed by atoms with Crippen LogP contribution in [0.3, 0.4) is 0 Å². The first-order valence-corrected chi connectivity index (χ1v) is 10.00. The number of nitrogens with one attached hydrogen (secondary N) is 1. The van der Waals surface area contributed by atoms with Crippen molar-refractivity contribution in [3.8, 4) is 0 Å². The predicted octanol–water partition coefficient (Wildman–Crippen LogP) is 4.06. The van der Waals surface area contributed by atoms with Crippen molar-refractivity contribution in [1.29, 1.82) is 0 Å². The van der Waals surface area contributed by atoms with Crippen LogP contribution < -0.4 is 16.8 Å². The molecule has 0 unspecified atom stereocenters. The van der Waals surface area contributed by atoms with Gasteiger partial charge in [-0.2, -0.15) is 0 Å². The van der Waals surface area contributed by atoms with Gasteiger partial charge < -0.3 is 16.8 Å². The molecule has 6 nitrogen and oxygen atoms in total. The Morgan fingerprint density at radius 1 is 1.19 bits per heavy atom. The van der Waals surface area contributed by atoms with E-state index in [-0.39, 0.29) is 16.9 Å². The number of nitrogens with two attached hydrogens (primary N) is 2. The van der Waals surface area contributed by atoms with Gasteiger partial charge >= 0.3 is 0 Å². The van der Waals surface area contributed by atoms with Crippen LogP contribution in [0.25, 0.3) is 0 Å². The average Bonchev–Trinajstić information content (AvgIpc) is 2.60. The van der Waals surface area contributed by atoms with Crippen molar-refractivity contribution in [2.24, 2.45) is 5.73 Å². The lowest BCUT2D eigenvalue weighted by atomic mass is 10.1. The molecule has 2 amide bonds. The van der Waals surface area contributed by atoms with Gasteiger partial charge in [-0.1, -0.05) is 35.7 Å². The van der Waals surface area contributed by atoms with Gasteiger partial charge in [-0.15, -0.1) is 11.8 Å². The van der Waals surface area contributed by atoms with E-state index in [9.17, 15) is 9.59 Å². The summed E-state index contributed by atoms with van der Waals surface area (Å²) in [5.74, 6) is -0.191. The number of aromatic nitrogens is 1. The van der Waals surface area contributed by atoms with E-state index < -0.39 is 11.8 Å². The predicted molar refractivity (Wildman–Crippen MR) is 110 cm³/mol. The maximum atomic E-state index is 12.5. The number of halogens is 1. The molecule has 1 aromatic heterocycles. The van der Waals surface area contributed by atoms with Gasteiger partial charge in [-0.05, 0) is 42.5 Å². The van der Waals surface area contributed by atoms with Crippen LogP contribution in [-0.2, 0) is 0 Å². The molecule has 1 heterocycles. The molecule has 1 aromatic carbocycles. The summed E-state index contributed by atoms with van der Waals surface area (Å²) in [5.41, 5.74) is 12.4. The van der Waals surface area contributed by atoms with Gasteiger partial charge in [0.2, 0.25) is 0 Å². The zero-order chi connectivity index (χ0) is 19.1. The number of rotatable bonds is 8. The van der Waals surface area contributed by atoms with E-state index in [2.05, 4.69) is 33.2 Å². The van der Waals surface area contributed by atoms with Crippen LogP contribution in [0.2, 0.25) is 0 Å². The molecule has 0 aliphatic carbocycles. The second-order valence-electron chi connectivity index (χ2n) is 5.65. The highest BCUT2D eigenvalue weighted by Gasteiger charge is 2.19. The smallest absolute Gasteiger partial charge is 0.259 e. The van der Waals surface area contributed by atoms with Crippen LogP contribution >= 0.6 is 27.7 Å². The molecule has 2 aromatic rings. The molecule has 0 saturated carbocycles. The summed E-state index contributed by atoms with van der Waals surface area (Å²) >= 11 is 4.76. The second kappa shape index (κ2) is 9.59. The fraction of sp³-hybridized carbons (Fsp3) is 0.278. The van der Waals surface area contributed by atoms with Crippen molar-refractivity contribution in [1.82, 2.24) is 4.98 Å². The zero-order valence-corrected chi connectivity index (χ0v) is 16.8. The van der Waals surface area contributed by atoms with Crippen molar-refractivity contribution < 1.29 is 9.59 Å². The maximum Gasteiger partial charge on any atom is 0.259 e. The van der Waals surface area contributed by atoms with Gasteiger partial charge in [0, 0.05) is 10.2 Å². The molecule has 5 N–H and O–H groups in total. The Labute approximate surface area is 165 Å². The summed E-state index contributed by atoms with van der Waals surface area (Å²) < 4.78 is 0.900. The van der Waals surface area contributed by atoms with Gasteiger partial charge in [0.25, 0.3) is 11.8 Å². The van der Waals surface area contributed by atoms with Crippen LogP contribution in [0.1, 0.15) is 46.9 Å². The largest absolute Gasteiger partial charge is 0.383 e. The van der Waals surface area contributed by atoms with Crippen LogP contribution in [0.5, 0.6) is 0 Å². The lowest BCUT2D eigenvalue weighted by Crippen LogP contribution is -2.19. The SMILES string of the molecule is CCCCCSc1nc(N)c(C(=O)Nc2ccc(Br)cc2)cc1C(N)=O. The third-order valence-corrected chi connectivity index (χ3v) is 5.22. The minimum Gasteiger partial charge on any atom is -0.383 e. The number of thioether (sulfide) groups is 1. The van der Waals surface area contributed by atoms with Gasteiger partial charge in [0.15, 0.2) is 0 Å². The second-order valence-corrected chi connectivity index (χ2v) is 7.65. The van der Waals surface area contributed by atoms with E-state index in [1.54, 1.807) is 12.1 Å². The van der Waals surface area contributed by atoms with Crippen molar-refractivity contribution in [3.63, 3.8) is 0 Å². The molecule has 0 aliphatic heterocycles. The van der Waals surface area contributed by atoms with E-state index in [0.717, 1.165) is 29.5 Å². The van der Waals surface area contributed by atoms with E-state index in [0.29, 0.717) is 10.7 Å². The van der Waals surface area contributed by atoms with Crippen molar-refractivity contribution in [2.75, 3.05) is 16.8 Å². The Hall–Kier alpha value is -2.06. The Morgan fingerprint density at radius 2 is 1.88 bits per heavy atom. The fourth-order valence-corrected chi connectivity index (χ4v) is 3.51. The summed E-state index contributed by atoms with van der Waals surface area (Å²) in [5, 5.41) is 3.20. The average molecular weight is 437 g/mol. The number of pyridine rings is 1. The molecule has 0 radical (unpaired) electrons. The summed E-state index contributed by atoms with van der Waals surface area (Å²) in [6, 6.07) is 8.53. The number of primary amides is 1. The quantitative estimate of drug-likeness (QED) is 0.426. The number of amides is 2. The standard InChI is InChI=1S/C18H21BrN4O2S/c1-2-3-4-9-26-18-14(16(21)24)10-13(15(20)23-18)17(25)22-12-7-5-11(19)6-8-12/h5-8,10H,2-4,9H2,1H3,(H2,20,23)(H2,21,24)(H,22,25). The van der Waals surface area contributed by atoms with Crippen molar-refractivity contribution in [3.05, 3.63) is 45.9 Å². The highest BCUT2D eigenvalue weighted by Crippen LogP contribution is 2.26. The number of nitrogens with zero attached hydrogens (tertiary/aromatic N) is 1. The number of unbranched alkanes of at least 4 members (excludes halogenated alkanes) is 2. The molecule has 0 bridgehead atoms. The van der Waals surface area contributed by atoms with Crippen molar-refractivity contribution >= 4 is 51.0 Å². The number of hydrogen-bond acceptors (Lipinski definition) is 5. The Bertz CT molecular complexity index is 797. The first-order valence-electron chi connectivity index (χ1n) is 8.22. The van der Waals surface area contributed by atoms with Gasteiger partial charge in [-0.25, -0.2) is 4.98 Å². The molecule has 26 heavy (non-hydrogen) atoms. The molecule has 0 spiro atoms. The molecule has 138 valence electrons. The lowest BCUT2D eigenvalue weighted by Gasteiger charge is -2.12. The highest BCUT2D eigenvalue weighted by atomic mass is 79.9. The fourth-order valence-electron chi connectivity index (χ4n) is 2.23. The summed E-state index contributed by atoms with van der Waals surface area (Å²) in [7, 11) is 0. The third kappa shape index (κ3) is 5.47. The minimum atomic E-state index is -0.631. The number of carbonyl (C=O) groups is 2. The molecule has 2 rings (SSSR count).